The summed E-state index contributed by atoms with van der Waals surface area (Å²) in [6, 6.07) is 11.7. The molecule has 0 spiro atoms. The molecule has 0 unspecified atom stereocenters. The summed E-state index contributed by atoms with van der Waals surface area (Å²) in [5, 5.41) is 1.62. The van der Waals surface area contributed by atoms with E-state index in [2.05, 4.69) is 25.9 Å². The molecular weight excluding hydrogens is 454 g/mol. The summed E-state index contributed by atoms with van der Waals surface area (Å²) in [6.45, 7) is 2.13. The number of esters is 1. The molecule has 150 valence electrons. The summed E-state index contributed by atoms with van der Waals surface area (Å²) in [5.41, 5.74) is 4.29. The molecule has 0 fully saturated rings. The van der Waals surface area contributed by atoms with Crippen LogP contribution in [-0.4, -0.2) is 34.2 Å². The first kappa shape index (κ1) is 19.8. The molecule has 0 saturated carbocycles. The number of carbonyl (C=O) groups is 1. The Kier molecular flexibility index (Phi) is 5.56. The van der Waals surface area contributed by atoms with E-state index in [1.807, 2.05) is 54.9 Å². The summed E-state index contributed by atoms with van der Waals surface area (Å²) >= 11 is 5.09. The van der Waals surface area contributed by atoms with Gasteiger partial charge in [0.2, 0.25) is 0 Å². The largest absolute Gasteiger partial charge is 0.496 e. The number of hydrogen-bond donors (Lipinski definition) is 1. The fraction of sp³-hybridized carbons (Fsp3) is 0.238. The Labute approximate surface area is 180 Å². The van der Waals surface area contributed by atoms with Crippen LogP contribution in [0.4, 0.5) is 0 Å². The number of carbonyl (C=O) groups excluding carboxylic acids is 1. The van der Waals surface area contributed by atoms with Gasteiger partial charge in [0.15, 0.2) is 5.16 Å². The number of methoxy groups -OCH3 is 1. The number of H-pyrrole nitrogens is 1. The van der Waals surface area contributed by atoms with Gasteiger partial charge in [0.25, 0.3) is 0 Å². The Morgan fingerprint density at radius 1 is 1.31 bits per heavy atom. The van der Waals surface area contributed by atoms with E-state index >= 15 is 0 Å². The number of halogens is 1. The van der Waals surface area contributed by atoms with Crippen LogP contribution in [0.3, 0.4) is 0 Å². The summed E-state index contributed by atoms with van der Waals surface area (Å²) in [6.07, 6.45) is 0. The van der Waals surface area contributed by atoms with Crippen molar-refractivity contribution in [3.8, 4) is 5.75 Å². The van der Waals surface area contributed by atoms with Crippen LogP contribution in [0.25, 0.3) is 21.9 Å². The molecule has 0 aliphatic heterocycles. The van der Waals surface area contributed by atoms with Crippen LogP contribution in [0.2, 0.25) is 0 Å². The maximum absolute atomic E-state index is 12.8. The minimum atomic E-state index is -0.331. The maximum Gasteiger partial charge on any atom is 0.340 e. The second kappa shape index (κ2) is 8.12. The van der Waals surface area contributed by atoms with E-state index in [1.54, 1.807) is 18.9 Å². The number of aromatic nitrogens is 3. The minimum Gasteiger partial charge on any atom is -0.496 e. The maximum atomic E-state index is 12.8. The molecule has 6 nitrogen and oxygen atoms in total. The van der Waals surface area contributed by atoms with Crippen LogP contribution < -0.4 is 4.74 Å². The standard InChI is InChI=1S/C21H20BrN3O3S/c1-4-28-20(26)19-12-9-18(27-3)13(22)10-16(12)25(2)17(19)11-29-21-23-14-7-5-6-8-15(14)24-21/h5-10H,4,11H2,1-3H3,(H,23,24). The van der Waals surface area contributed by atoms with Crippen LogP contribution >= 0.6 is 27.7 Å². The van der Waals surface area contributed by atoms with Crippen molar-refractivity contribution < 1.29 is 14.3 Å². The smallest absolute Gasteiger partial charge is 0.340 e. The number of benzene rings is 2. The van der Waals surface area contributed by atoms with E-state index in [9.17, 15) is 4.79 Å². The lowest BCUT2D eigenvalue weighted by molar-refractivity contribution is 0.0527. The van der Waals surface area contributed by atoms with E-state index in [0.29, 0.717) is 23.7 Å². The fourth-order valence-corrected chi connectivity index (χ4v) is 4.83. The first-order valence-electron chi connectivity index (χ1n) is 9.13. The molecule has 2 aromatic heterocycles. The quantitative estimate of drug-likeness (QED) is 0.304. The molecule has 8 heteroatoms. The van der Waals surface area contributed by atoms with Crippen molar-refractivity contribution in [3.63, 3.8) is 0 Å². The number of fused-ring (bicyclic) bond motifs is 2. The van der Waals surface area contributed by atoms with Gasteiger partial charge in [-0.3, -0.25) is 0 Å². The monoisotopic (exact) mass is 473 g/mol. The predicted octanol–water partition coefficient (Wildman–Crippen LogP) is 5.29. The van der Waals surface area contributed by atoms with Gasteiger partial charge in [-0.1, -0.05) is 23.9 Å². The number of thioether (sulfide) groups is 1. The third kappa shape index (κ3) is 3.62. The number of ether oxygens (including phenoxy) is 2. The normalized spacial score (nSPS) is 11.3. The Morgan fingerprint density at radius 3 is 2.83 bits per heavy atom. The summed E-state index contributed by atoms with van der Waals surface area (Å²) in [5.74, 6) is 0.909. The van der Waals surface area contributed by atoms with Crippen molar-refractivity contribution in [2.45, 2.75) is 17.8 Å². The average Bonchev–Trinajstić information content (AvgIpc) is 3.24. The van der Waals surface area contributed by atoms with Gasteiger partial charge >= 0.3 is 5.97 Å². The van der Waals surface area contributed by atoms with Crippen molar-refractivity contribution >= 4 is 55.6 Å². The highest BCUT2D eigenvalue weighted by atomic mass is 79.9. The molecule has 0 bridgehead atoms. The second-order valence-electron chi connectivity index (χ2n) is 6.45. The van der Waals surface area contributed by atoms with E-state index in [1.165, 1.54) is 0 Å². The van der Waals surface area contributed by atoms with Crippen LogP contribution in [0.15, 0.2) is 46.0 Å². The number of aryl methyl sites for hydroxylation is 1. The van der Waals surface area contributed by atoms with Gasteiger partial charge in [-0.15, -0.1) is 0 Å². The van der Waals surface area contributed by atoms with Crippen molar-refractivity contribution in [1.29, 1.82) is 0 Å². The molecule has 0 aliphatic carbocycles. The lowest BCUT2D eigenvalue weighted by atomic mass is 10.1. The van der Waals surface area contributed by atoms with Gasteiger partial charge in [0, 0.05) is 23.9 Å². The summed E-state index contributed by atoms with van der Waals surface area (Å²) in [7, 11) is 3.57. The summed E-state index contributed by atoms with van der Waals surface area (Å²) in [4.78, 5) is 20.7. The van der Waals surface area contributed by atoms with Gasteiger partial charge in [-0.25, -0.2) is 9.78 Å². The molecule has 1 N–H and O–H groups in total. The van der Waals surface area contributed by atoms with E-state index in [-0.39, 0.29) is 5.97 Å². The van der Waals surface area contributed by atoms with Crippen molar-refractivity contribution in [3.05, 3.63) is 52.1 Å². The topological polar surface area (TPSA) is 69.1 Å². The van der Waals surface area contributed by atoms with Crippen LogP contribution in [0, 0.1) is 0 Å². The van der Waals surface area contributed by atoms with Crippen molar-refractivity contribution in [2.24, 2.45) is 7.05 Å². The molecular formula is C21H20BrN3O3S. The zero-order chi connectivity index (χ0) is 20.5. The highest BCUT2D eigenvalue weighted by Gasteiger charge is 2.24. The Morgan fingerprint density at radius 2 is 2.10 bits per heavy atom. The number of hydrogen-bond acceptors (Lipinski definition) is 5. The zero-order valence-electron chi connectivity index (χ0n) is 16.3. The van der Waals surface area contributed by atoms with Crippen LogP contribution in [-0.2, 0) is 17.5 Å². The minimum absolute atomic E-state index is 0.318. The van der Waals surface area contributed by atoms with E-state index in [4.69, 9.17) is 9.47 Å². The highest BCUT2D eigenvalue weighted by Crippen LogP contribution is 2.37. The van der Waals surface area contributed by atoms with Crippen molar-refractivity contribution in [2.75, 3.05) is 13.7 Å². The summed E-state index contributed by atoms with van der Waals surface area (Å²) < 4.78 is 13.7. The number of imidazole rings is 1. The third-order valence-electron chi connectivity index (χ3n) is 4.79. The van der Waals surface area contributed by atoms with Crippen LogP contribution in [0.5, 0.6) is 5.75 Å². The predicted molar refractivity (Wildman–Crippen MR) is 119 cm³/mol. The van der Waals surface area contributed by atoms with Gasteiger partial charge in [0.05, 0.1) is 40.3 Å². The van der Waals surface area contributed by atoms with Gasteiger partial charge in [-0.2, -0.15) is 0 Å². The number of para-hydroxylation sites is 2. The second-order valence-corrected chi connectivity index (χ2v) is 8.27. The molecule has 29 heavy (non-hydrogen) atoms. The molecule has 4 rings (SSSR count). The van der Waals surface area contributed by atoms with Gasteiger partial charge < -0.3 is 19.0 Å². The molecule has 0 atom stereocenters. The average molecular weight is 474 g/mol. The Bertz CT molecular complexity index is 1180. The fourth-order valence-electron chi connectivity index (χ4n) is 3.38. The first-order valence-corrected chi connectivity index (χ1v) is 10.9. The molecule has 2 aromatic carbocycles. The molecule has 2 heterocycles. The first-order chi connectivity index (χ1) is 14.0. The number of aromatic amines is 1. The molecule has 0 saturated heterocycles. The molecule has 0 aliphatic rings. The Hall–Kier alpha value is -2.45. The molecule has 4 aromatic rings. The van der Waals surface area contributed by atoms with E-state index < -0.39 is 0 Å². The third-order valence-corrected chi connectivity index (χ3v) is 6.29. The number of nitrogens with one attached hydrogen (secondary N) is 1. The van der Waals surface area contributed by atoms with Crippen LogP contribution in [0.1, 0.15) is 23.0 Å². The van der Waals surface area contributed by atoms with Crippen molar-refractivity contribution in [1.82, 2.24) is 14.5 Å². The Balaban J connectivity index is 1.77. The van der Waals surface area contributed by atoms with E-state index in [0.717, 1.165) is 37.3 Å². The number of nitrogens with zero attached hydrogens (tertiary/aromatic N) is 2. The lowest BCUT2D eigenvalue weighted by Crippen LogP contribution is -2.08. The molecule has 0 amide bonds. The highest BCUT2D eigenvalue weighted by molar-refractivity contribution is 9.10. The van der Waals surface area contributed by atoms with Gasteiger partial charge in [0.1, 0.15) is 5.75 Å². The molecule has 0 radical (unpaired) electrons. The zero-order valence-corrected chi connectivity index (χ0v) is 18.7. The number of rotatable bonds is 6. The lowest BCUT2D eigenvalue weighted by Gasteiger charge is -2.06. The SMILES string of the molecule is CCOC(=O)c1c(CSc2nc3ccccc3[nH]2)n(C)c2cc(Br)c(OC)cc12. The van der Waals surface area contributed by atoms with Gasteiger partial charge in [-0.05, 0) is 47.1 Å².